The van der Waals surface area contributed by atoms with Crippen LogP contribution in [-0.2, 0) is 0 Å². The van der Waals surface area contributed by atoms with E-state index < -0.39 is 5.92 Å². The molecule has 1 saturated heterocycles. The van der Waals surface area contributed by atoms with Crippen LogP contribution in [0.4, 0.5) is 20.3 Å². The lowest BCUT2D eigenvalue weighted by molar-refractivity contribution is -0.0220. The number of rotatable bonds is 3. The zero-order valence-electron chi connectivity index (χ0n) is 14.7. The first-order chi connectivity index (χ1) is 12.6. The van der Waals surface area contributed by atoms with Crippen LogP contribution in [0.15, 0.2) is 40.3 Å². The molecule has 4 rings (SSSR count). The number of nitrogens with zero attached hydrogens (tertiary/aromatic N) is 4. The Balaban J connectivity index is 1.62. The summed E-state index contributed by atoms with van der Waals surface area (Å²) in [6.45, 7) is 2.14. The number of fused-ring (bicyclic) bond motifs is 1. The predicted octanol–water partition coefficient (Wildman–Crippen LogP) is 2.28. The number of hydrogen-bond donors (Lipinski definition) is 1. The van der Waals surface area contributed by atoms with Crippen molar-refractivity contribution in [2.24, 2.45) is 9.98 Å². The second-order valence-electron chi connectivity index (χ2n) is 6.63. The van der Waals surface area contributed by atoms with Crippen molar-refractivity contribution in [1.29, 1.82) is 0 Å². The Labute approximate surface area is 150 Å². The molecule has 0 aliphatic carbocycles. The Morgan fingerprint density at radius 3 is 2.42 bits per heavy atom. The minimum atomic E-state index is -2.53. The van der Waals surface area contributed by atoms with Gasteiger partial charge in [0.25, 0.3) is 5.92 Å². The van der Waals surface area contributed by atoms with Crippen LogP contribution in [0.2, 0.25) is 0 Å². The maximum atomic E-state index is 13.3. The second-order valence-corrected chi connectivity index (χ2v) is 6.63. The zero-order chi connectivity index (χ0) is 18.1. The maximum absolute atomic E-state index is 13.3. The average molecular weight is 357 g/mol. The summed E-state index contributed by atoms with van der Waals surface area (Å²) >= 11 is 0. The molecule has 5 nitrogen and oxygen atoms in total. The largest absolute Gasteiger partial charge is 0.371 e. The Morgan fingerprint density at radius 1 is 1.04 bits per heavy atom. The molecule has 2 aliphatic rings. The molecule has 1 aromatic carbocycles. The van der Waals surface area contributed by atoms with Crippen LogP contribution in [0, 0.1) is 0 Å². The third kappa shape index (κ3) is 3.25. The summed E-state index contributed by atoms with van der Waals surface area (Å²) in [5.74, 6) is -1.80. The van der Waals surface area contributed by atoms with Gasteiger partial charge in [-0.25, -0.2) is 13.8 Å². The quantitative estimate of drug-likeness (QED) is 0.917. The summed E-state index contributed by atoms with van der Waals surface area (Å²) in [4.78, 5) is 15.7. The number of hydrogen-bond acceptors (Lipinski definition) is 5. The maximum Gasteiger partial charge on any atom is 0.251 e. The van der Waals surface area contributed by atoms with Crippen LogP contribution in [0.25, 0.3) is 11.3 Å². The SMILES string of the molecule is CNc1nc(-c2ccc(N3CCC(F)(F)CC3)cc2)cc2c1=NCCN=2. The van der Waals surface area contributed by atoms with E-state index in [-0.39, 0.29) is 12.8 Å². The van der Waals surface area contributed by atoms with Gasteiger partial charge < -0.3 is 10.2 Å². The van der Waals surface area contributed by atoms with Crippen LogP contribution >= 0.6 is 0 Å². The minimum absolute atomic E-state index is 0.0857. The average Bonchev–Trinajstić information content (AvgIpc) is 2.67. The lowest BCUT2D eigenvalue weighted by atomic mass is 10.0. The van der Waals surface area contributed by atoms with Gasteiger partial charge in [0.05, 0.1) is 24.1 Å². The number of alkyl halides is 2. The fourth-order valence-electron chi connectivity index (χ4n) is 3.39. The summed E-state index contributed by atoms with van der Waals surface area (Å²) in [5, 5.41) is 4.76. The van der Waals surface area contributed by atoms with Crippen LogP contribution in [0.3, 0.4) is 0 Å². The molecule has 0 saturated carbocycles. The van der Waals surface area contributed by atoms with E-state index in [2.05, 4.69) is 20.3 Å². The molecule has 0 spiro atoms. The van der Waals surface area contributed by atoms with Gasteiger partial charge in [-0.2, -0.15) is 0 Å². The molecule has 0 bridgehead atoms. The highest BCUT2D eigenvalue weighted by molar-refractivity contribution is 5.64. The van der Waals surface area contributed by atoms with E-state index in [1.54, 1.807) is 0 Å². The van der Waals surface area contributed by atoms with Crippen molar-refractivity contribution in [3.05, 3.63) is 41.0 Å². The molecule has 1 N–H and O–H groups in total. The van der Waals surface area contributed by atoms with Gasteiger partial charge in [0.1, 0.15) is 5.36 Å². The molecule has 1 aromatic heterocycles. The number of benzene rings is 1. The fourth-order valence-corrected chi connectivity index (χ4v) is 3.39. The second kappa shape index (κ2) is 6.63. The highest BCUT2D eigenvalue weighted by atomic mass is 19.3. The Morgan fingerprint density at radius 2 is 1.73 bits per heavy atom. The third-order valence-electron chi connectivity index (χ3n) is 4.88. The molecular weight excluding hydrogens is 336 g/mol. The standard InChI is InChI=1S/C19H21F2N5/c1-22-18-17-16(23-8-9-24-17)12-15(25-18)13-2-4-14(5-3-13)26-10-6-19(20,21)7-11-26/h2-5,12H,6-11H2,1H3,(H,22,25). The third-order valence-corrected chi connectivity index (χ3v) is 4.88. The summed E-state index contributed by atoms with van der Waals surface area (Å²) in [7, 11) is 1.83. The minimum Gasteiger partial charge on any atom is -0.371 e. The zero-order valence-corrected chi connectivity index (χ0v) is 14.7. The van der Waals surface area contributed by atoms with Gasteiger partial charge >= 0.3 is 0 Å². The van der Waals surface area contributed by atoms with Gasteiger partial charge in [-0.1, -0.05) is 12.1 Å². The molecular formula is C19H21F2N5. The number of anilines is 2. The normalized spacial score (nSPS) is 18.5. The highest BCUT2D eigenvalue weighted by Crippen LogP contribution is 2.31. The molecule has 0 amide bonds. The van der Waals surface area contributed by atoms with Gasteiger partial charge in [-0.3, -0.25) is 9.98 Å². The number of pyridine rings is 1. The molecule has 2 aliphatic heterocycles. The van der Waals surface area contributed by atoms with E-state index in [0.717, 1.165) is 33.5 Å². The number of halogens is 2. The molecule has 0 unspecified atom stereocenters. The van der Waals surface area contributed by atoms with Gasteiger partial charge in [-0.15, -0.1) is 0 Å². The van der Waals surface area contributed by atoms with Gasteiger partial charge in [0, 0.05) is 44.2 Å². The van der Waals surface area contributed by atoms with E-state index in [1.807, 2.05) is 42.3 Å². The van der Waals surface area contributed by atoms with Crippen molar-refractivity contribution in [1.82, 2.24) is 4.98 Å². The molecule has 3 heterocycles. The van der Waals surface area contributed by atoms with Crippen LogP contribution in [-0.4, -0.2) is 44.1 Å². The summed E-state index contributed by atoms with van der Waals surface area (Å²) in [6.07, 6.45) is -0.171. The summed E-state index contributed by atoms with van der Waals surface area (Å²) < 4.78 is 26.7. The molecule has 136 valence electrons. The van der Waals surface area contributed by atoms with Crippen LogP contribution in [0.1, 0.15) is 12.8 Å². The van der Waals surface area contributed by atoms with Gasteiger partial charge in [-0.05, 0) is 18.2 Å². The van der Waals surface area contributed by atoms with Gasteiger partial charge in [0.15, 0.2) is 5.82 Å². The van der Waals surface area contributed by atoms with Crippen molar-refractivity contribution in [2.75, 3.05) is 43.4 Å². The first-order valence-corrected chi connectivity index (χ1v) is 8.87. The molecule has 26 heavy (non-hydrogen) atoms. The first kappa shape index (κ1) is 16.9. The monoisotopic (exact) mass is 357 g/mol. The van der Waals surface area contributed by atoms with E-state index >= 15 is 0 Å². The van der Waals surface area contributed by atoms with Crippen LogP contribution < -0.4 is 20.9 Å². The Kier molecular flexibility index (Phi) is 4.30. The van der Waals surface area contributed by atoms with Crippen molar-refractivity contribution < 1.29 is 8.78 Å². The van der Waals surface area contributed by atoms with E-state index in [9.17, 15) is 8.78 Å². The lowest BCUT2D eigenvalue weighted by Crippen LogP contribution is -2.39. The predicted molar refractivity (Wildman–Crippen MR) is 97.7 cm³/mol. The van der Waals surface area contributed by atoms with Gasteiger partial charge in [0.2, 0.25) is 0 Å². The topological polar surface area (TPSA) is 52.9 Å². The van der Waals surface area contributed by atoms with E-state index in [0.29, 0.717) is 26.2 Å². The fraction of sp³-hybridized carbons (Fsp3) is 0.421. The molecule has 1 fully saturated rings. The summed E-state index contributed by atoms with van der Waals surface area (Å²) in [6, 6.07) is 9.86. The van der Waals surface area contributed by atoms with Crippen molar-refractivity contribution >= 4 is 11.5 Å². The number of nitrogens with one attached hydrogen (secondary N) is 1. The highest BCUT2D eigenvalue weighted by Gasteiger charge is 2.33. The van der Waals surface area contributed by atoms with Crippen molar-refractivity contribution in [3.63, 3.8) is 0 Å². The van der Waals surface area contributed by atoms with E-state index in [4.69, 9.17) is 0 Å². The summed E-state index contributed by atoms with van der Waals surface area (Å²) in [5.41, 5.74) is 2.76. The molecule has 2 aromatic rings. The first-order valence-electron chi connectivity index (χ1n) is 8.87. The van der Waals surface area contributed by atoms with Crippen molar-refractivity contribution in [2.45, 2.75) is 18.8 Å². The lowest BCUT2D eigenvalue weighted by Gasteiger charge is -2.33. The number of aromatic nitrogens is 1. The number of piperidine rings is 1. The molecule has 7 heteroatoms. The molecule has 0 radical (unpaired) electrons. The van der Waals surface area contributed by atoms with Crippen LogP contribution in [0.5, 0.6) is 0 Å². The Hall–Kier alpha value is -2.57. The Bertz CT molecular complexity index is 914. The smallest absolute Gasteiger partial charge is 0.251 e. The van der Waals surface area contributed by atoms with E-state index in [1.165, 1.54) is 0 Å². The molecule has 0 atom stereocenters. The van der Waals surface area contributed by atoms with Crippen molar-refractivity contribution in [3.8, 4) is 11.3 Å².